The van der Waals surface area contributed by atoms with E-state index in [4.69, 9.17) is 0 Å². The summed E-state index contributed by atoms with van der Waals surface area (Å²) in [6.07, 6.45) is 1.24. The summed E-state index contributed by atoms with van der Waals surface area (Å²) in [4.78, 5) is 0.0962. The molecule has 0 aliphatic heterocycles. The highest BCUT2D eigenvalue weighted by molar-refractivity contribution is 7.89. The zero-order valence-corrected chi connectivity index (χ0v) is 10.5. The Hall–Kier alpha value is -1.73. The second-order valence-corrected chi connectivity index (χ2v) is 5.55. The first-order valence-electron chi connectivity index (χ1n) is 5.23. The summed E-state index contributed by atoms with van der Waals surface area (Å²) in [5, 5.41) is 6.21. The lowest BCUT2D eigenvalue weighted by molar-refractivity contribution is 0.579. The van der Waals surface area contributed by atoms with Crippen molar-refractivity contribution in [1.82, 2.24) is 14.9 Å². The molecular formula is C11H12FN3O2S. The fourth-order valence-electron chi connectivity index (χ4n) is 1.51. The molecule has 0 saturated heterocycles. The Kier molecular flexibility index (Phi) is 3.44. The van der Waals surface area contributed by atoms with E-state index in [0.29, 0.717) is 11.3 Å². The van der Waals surface area contributed by atoms with Crippen LogP contribution in [0.5, 0.6) is 0 Å². The topological polar surface area (TPSA) is 74.8 Å². The molecule has 1 aromatic carbocycles. The highest BCUT2D eigenvalue weighted by atomic mass is 32.2. The molecule has 5 nitrogen and oxygen atoms in total. The van der Waals surface area contributed by atoms with Crippen molar-refractivity contribution in [3.63, 3.8) is 0 Å². The summed E-state index contributed by atoms with van der Waals surface area (Å²) in [5.74, 6) is -0.397. The van der Waals surface area contributed by atoms with E-state index < -0.39 is 15.8 Å². The Morgan fingerprint density at radius 1 is 1.44 bits per heavy atom. The Bertz CT molecular complexity index is 652. The van der Waals surface area contributed by atoms with Crippen LogP contribution in [0.1, 0.15) is 11.3 Å². The van der Waals surface area contributed by atoms with Crippen LogP contribution in [0.25, 0.3) is 0 Å². The molecule has 7 heteroatoms. The number of sulfonamides is 1. The van der Waals surface area contributed by atoms with Crippen LogP contribution < -0.4 is 4.72 Å². The number of nitrogens with one attached hydrogen (secondary N) is 2. The normalized spacial score (nSPS) is 11.7. The van der Waals surface area contributed by atoms with Crippen molar-refractivity contribution in [3.05, 3.63) is 47.5 Å². The molecule has 1 aromatic heterocycles. The van der Waals surface area contributed by atoms with Crippen molar-refractivity contribution in [3.8, 4) is 0 Å². The summed E-state index contributed by atoms with van der Waals surface area (Å²) in [6, 6.07) is 5.76. The number of halogens is 1. The van der Waals surface area contributed by atoms with Crippen LogP contribution in [0.2, 0.25) is 0 Å². The van der Waals surface area contributed by atoms with E-state index in [9.17, 15) is 12.8 Å². The van der Waals surface area contributed by atoms with Gasteiger partial charge in [-0.3, -0.25) is 5.10 Å². The van der Waals surface area contributed by atoms with Crippen LogP contribution in [0.15, 0.2) is 35.4 Å². The number of benzene rings is 1. The van der Waals surface area contributed by atoms with Gasteiger partial charge in [-0.05, 0) is 24.6 Å². The molecule has 0 fully saturated rings. The summed E-state index contributed by atoms with van der Waals surface area (Å²) in [5.41, 5.74) is 1.02. The van der Waals surface area contributed by atoms with Gasteiger partial charge in [0.2, 0.25) is 10.0 Å². The smallest absolute Gasteiger partial charge is 0.244 e. The van der Waals surface area contributed by atoms with Gasteiger partial charge in [-0.15, -0.1) is 0 Å². The van der Waals surface area contributed by atoms with Crippen molar-refractivity contribution >= 4 is 10.0 Å². The first-order chi connectivity index (χ1) is 8.49. The SMILES string of the molecule is Cc1[nH]ncc1S(=O)(=O)NCc1cccc(F)c1. The molecule has 96 valence electrons. The molecule has 0 amide bonds. The molecule has 0 saturated carbocycles. The molecule has 18 heavy (non-hydrogen) atoms. The van der Waals surface area contributed by atoms with Crippen LogP contribution in [0.4, 0.5) is 4.39 Å². The third-order valence-electron chi connectivity index (χ3n) is 2.43. The van der Waals surface area contributed by atoms with Gasteiger partial charge >= 0.3 is 0 Å². The second-order valence-electron chi connectivity index (χ2n) is 3.81. The zero-order valence-electron chi connectivity index (χ0n) is 9.64. The van der Waals surface area contributed by atoms with E-state index in [2.05, 4.69) is 14.9 Å². The van der Waals surface area contributed by atoms with Crippen LogP contribution in [0.3, 0.4) is 0 Å². The van der Waals surface area contributed by atoms with E-state index in [0.717, 1.165) is 0 Å². The molecule has 0 bridgehead atoms. The van der Waals surface area contributed by atoms with Crippen molar-refractivity contribution in [2.75, 3.05) is 0 Å². The van der Waals surface area contributed by atoms with Gasteiger partial charge in [-0.1, -0.05) is 12.1 Å². The first-order valence-corrected chi connectivity index (χ1v) is 6.71. The molecule has 0 aliphatic rings. The lowest BCUT2D eigenvalue weighted by Gasteiger charge is -2.05. The van der Waals surface area contributed by atoms with Crippen molar-refractivity contribution in [2.45, 2.75) is 18.4 Å². The molecule has 2 N–H and O–H groups in total. The van der Waals surface area contributed by atoms with Gasteiger partial charge in [0, 0.05) is 6.54 Å². The van der Waals surface area contributed by atoms with Crippen LogP contribution in [0, 0.1) is 12.7 Å². The molecule has 0 spiro atoms. The maximum atomic E-state index is 12.9. The summed E-state index contributed by atoms with van der Waals surface area (Å²) in [6.45, 7) is 1.65. The fraction of sp³-hybridized carbons (Fsp3) is 0.182. The molecule has 2 aromatic rings. The minimum absolute atomic E-state index is 0.0325. The van der Waals surface area contributed by atoms with E-state index in [1.54, 1.807) is 13.0 Å². The molecule has 0 radical (unpaired) electrons. The molecule has 0 aliphatic carbocycles. The Labute approximate surface area is 104 Å². The number of hydrogen-bond acceptors (Lipinski definition) is 3. The minimum Gasteiger partial charge on any atom is -0.281 e. The summed E-state index contributed by atoms with van der Waals surface area (Å²) in [7, 11) is -3.62. The molecular weight excluding hydrogens is 257 g/mol. The van der Waals surface area contributed by atoms with E-state index in [-0.39, 0.29) is 11.4 Å². The summed E-state index contributed by atoms with van der Waals surface area (Å²) >= 11 is 0. The number of aromatic amines is 1. The van der Waals surface area contributed by atoms with Crippen molar-refractivity contribution in [2.24, 2.45) is 0 Å². The Balaban J connectivity index is 2.13. The molecule has 1 heterocycles. The number of H-pyrrole nitrogens is 1. The van der Waals surface area contributed by atoms with Crippen LogP contribution >= 0.6 is 0 Å². The predicted octanol–water partition coefficient (Wildman–Crippen LogP) is 1.34. The van der Waals surface area contributed by atoms with E-state index >= 15 is 0 Å². The highest BCUT2D eigenvalue weighted by Crippen LogP contribution is 2.12. The average Bonchev–Trinajstić information content (AvgIpc) is 2.74. The van der Waals surface area contributed by atoms with Crippen LogP contribution in [-0.2, 0) is 16.6 Å². The standard InChI is InChI=1S/C11H12FN3O2S/c1-8-11(7-13-15-8)18(16,17)14-6-9-3-2-4-10(12)5-9/h2-5,7,14H,6H2,1H3,(H,13,15). The van der Waals surface area contributed by atoms with Crippen molar-refractivity contribution < 1.29 is 12.8 Å². The Morgan fingerprint density at radius 3 is 2.83 bits per heavy atom. The van der Waals surface area contributed by atoms with Crippen molar-refractivity contribution in [1.29, 1.82) is 0 Å². The molecule has 0 unspecified atom stereocenters. The maximum Gasteiger partial charge on any atom is 0.244 e. The minimum atomic E-state index is -3.62. The summed E-state index contributed by atoms with van der Waals surface area (Å²) < 4.78 is 39.1. The predicted molar refractivity (Wildman–Crippen MR) is 63.8 cm³/mol. The average molecular weight is 269 g/mol. The lowest BCUT2D eigenvalue weighted by atomic mass is 10.2. The van der Waals surface area contributed by atoms with Gasteiger partial charge in [0.1, 0.15) is 10.7 Å². The van der Waals surface area contributed by atoms with E-state index in [1.165, 1.54) is 24.4 Å². The Morgan fingerprint density at radius 2 is 2.22 bits per heavy atom. The first kappa shape index (κ1) is 12.7. The number of aromatic nitrogens is 2. The largest absolute Gasteiger partial charge is 0.281 e. The van der Waals surface area contributed by atoms with Gasteiger partial charge in [-0.25, -0.2) is 17.5 Å². The number of nitrogens with zero attached hydrogens (tertiary/aromatic N) is 1. The highest BCUT2D eigenvalue weighted by Gasteiger charge is 2.17. The molecule has 2 rings (SSSR count). The van der Waals surface area contributed by atoms with Crippen LogP contribution in [-0.4, -0.2) is 18.6 Å². The monoisotopic (exact) mass is 269 g/mol. The number of aryl methyl sites for hydroxylation is 1. The third kappa shape index (κ3) is 2.74. The number of rotatable bonds is 4. The fourth-order valence-corrected chi connectivity index (χ4v) is 2.67. The van der Waals surface area contributed by atoms with E-state index in [1.807, 2.05) is 0 Å². The quantitative estimate of drug-likeness (QED) is 0.879. The second kappa shape index (κ2) is 4.87. The van der Waals surface area contributed by atoms with Gasteiger partial charge in [-0.2, -0.15) is 5.10 Å². The van der Waals surface area contributed by atoms with Gasteiger partial charge in [0.05, 0.1) is 11.9 Å². The number of hydrogen-bond donors (Lipinski definition) is 2. The van der Waals surface area contributed by atoms with Gasteiger partial charge in [0.25, 0.3) is 0 Å². The molecule has 0 atom stereocenters. The van der Waals surface area contributed by atoms with Gasteiger partial charge in [0.15, 0.2) is 0 Å². The maximum absolute atomic E-state index is 12.9. The van der Waals surface area contributed by atoms with Gasteiger partial charge < -0.3 is 0 Å². The zero-order chi connectivity index (χ0) is 13.2. The third-order valence-corrected chi connectivity index (χ3v) is 3.94. The lowest BCUT2D eigenvalue weighted by Crippen LogP contribution is -2.23.